The average molecular weight is 357 g/mol. The van der Waals surface area contributed by atoms with Gasteiger partial charge in [-0.05, 0) is 38.3 Å². The number of fused-ring (bicyclic) bond motifs is 1. The van der Waals surface area contributed by atoms with E-state index in [1.807, 2.05) is 0 Å². The molecule has 0 bridgehead atoms. The first-order valence-corrected chi connectivity index (χ1v) is 8.08. The SMILES string of the molecule is CCN(CC(F)(F)F)c1nc(-c2cc(Cl)ccn2)nc2c1CCC2. The largest absolute Gasteiger partial charge is 0.405 e. The van der Waals surface area contributed by atoms with E-state index in [4.69, 9.17) is 11.6 Å². The smallest absolute Gasteiger partial charge is 0.347 e. The quantitative estimate of drug-likeness (QED) is 0.828. The van der Waals surface area contributed by atoms with E-state index in [1.54, 1.807) is 19.1 Å². The maximum atomic E-state index is 12.9. The van der Waals surface area contributed by atoms with Crippen molar-refractivity contribution < 1.29 is 13.2 Å². The maximum absolute atomic E-state index is 12.9. The molecule has 1 aliphatic rings. The molecule has 2 aromatic heterocycles. The molecule has 2 aromatic rings. The third kappa shape index (κ3) is 3.61. The molecule has 0 aromatic carbocycles. The Hall–Kier alpha value is -1.89. The Bertz CT molecular complexity index is 749. The van der Waals surface area contributed by atoms with Crippen molar-refractivity contribution >= 4 is 17.4 Å². The van der Waals surface area contributed by atoms with Crippen molar-refractivity contribution in [2.24, 2.45) is 0 Å². The first-order valence-electron chi connectivity index (χ1n) is 7.71. The summed E-state index contributed by atoms with van der Waals surface area (Å²) in [6.45, 7) is 0.868. The van der Waals surface area contributed by atoms with Gasteiger partial charge in [-0.2, -0.15) is 13.2 Å². The lowest BCUT2D eigenvalue weighted by Crippen LogP contribution is -2.35. The van der Waals surface area contributed by atoms with Crippen molar-refractivity contribution in [3.05, 3.63) is 34.6 Å². The van der Waals surface area contributed by atoms with E-state index in [9.17, 15) is 13.2 Å². The second-order valence-electron chi connectivity index (χ2n) is 5.64. The van der Waals surface area contributed by atoms with Gasteiger partial charge < -0.3 is 4.90 Å². The molecular weight excluding hydrogens is 341 g/mol. The molecule has 3 rings (SSSR count). The fraction of sp³-hybridized carbons (Fsp3) is 0.438. The summed E-state index contributed by atoms with van der Waals surface area (Å²) in [4.78, 5) is 14.3. The molecule has 4 nitrogen and oxygen atoms in total. The fourth-order valence-corrected chi connectivity index (χ4v) is 3.03. The molecule has 0 atom stereocenters. The summed E-state index contributed by atoms with van der Waals surface area (Å²) in [5.74, 6) is 0.669. The Morgan fingerprint density at radius 2 is 2.04 bits per heavy atom. The summed E-state index contributed by atoms with van der Waals surface area (Å²) in [5, 5.41) is 0.480. The first kappa shape index (κ1) is 17.0. The predicted octanol–water partition coefficient (Wildman–Crippen LogP) is 4.07. The number of aryl methyl sites for hydroxylation is 1. The summed E-state index contributed by atoms with van der Waals surface area (Å²) in [7, 11) is 0. The molecule has 8 heteroatoms. The molecule has 2 heterocycles. The van der Waals surface area contributed by atoms with Crippen LogP contribution in [0.15, 0.2) is 18.3 Å². The van der Waals surface area contributed by atoms with E-state index < -0.39 is 12.7 Å². The van der Waals surface area contributed by atoms with Crippen molar-refractivity contribution in [2.45, 2.75) is 32.4 Å². The number of nitrogens with zero attached hydrogens (tertiary/aromatic N) is 4. The molecule has 0 unspecified atom stereocenters. The number of halogens is 4. The minimum absolute atomic E-state index is 0.214. The molecule has 0 spiro atoms. The first-order chi connectivity index (χ1) is 11.4. The van der Waals surface area contributed by atoms with Crippen LogP contribution in [-0.2, 0) is 12.8 Å². The highest BCUT2D eigenvalue weighted by molar-refractivity contribution is 6.30. The Morgan fingerprint density at radius 1 is 1.25 bits per heavy atom. The molecule has 0 saturated heterocycles. The summed E-state index contributed by atoms with van der Waals surface area (Å²) in [6.07, 6.45) is -0.459. The highest BCUT2D eigenvalue weighted by Gasteiger charge is 2.33. The molecule has 0 fully saturated rings. The number of anilines is 1. The van der Waals surface area contributed by atoms with Gasteiger partial charge in [-0.25, -0.2) is 9.97 Å². The van der Waals surface area contributed by atoms with E-state index in [1.165, 1.54) is 11.1 Å². The third-order valence-electron chi connectivity index (χ3n) is 3.91. The number of hydrogen-bond acceptors (Lipinski definition) is 4. The van der Waals surface area contributed by atoms with Crippen LogP contribution in [0.1, 0.15) is 24.6 Å². The van der Waals surface area contributed by atoms with Crippen molar-refractivity contribution in [3.8, 4) is 11.5 Å². The van der Waals surface area contributed by atoms with Crippen molar-refractivity contribution in [1.29, 1.82) is 0 Å². The fourth-order valence-electron chi connectivity index (χ4n) is 2.87. The lowest BCUT2D eigenvalue weighted by molar-refractivity contribution is -0.119. The van der Waals surface area contributed by atoms with Gasteiger partial charge in [0.1, 0.15) is 18.1 Å². The minimum atomic E-state index is -4.29. The third-order valence-corrected chi connectivity index (χ3v) is 4.15. The predicted molar refractivity (Wildman–Crippen MR) is 86.2 cm³/mol. The van der Waals surface area contributed by atoms with Gasteiger partial charge in [0.25, 0.3) is 0 Å². The molecular formula is C16H16ClF3N4. The normalized spacial score (nSPS) is 13.9. The van der Waals surface area contributed by atoms with Crippen LogP contribution in [0.25, 0.3) is 11.5 Å². The van der Waals surface area contributed by atoms with E-state index in [-0.39, 0.29) is 6.54 Å². The van der Waals surface area contributed by atoms with Gasteiger partial charge in [-0.3, -0.25) is 4.98 Å². The van der Waals surface area contributed by atoms with Crippen LogP contribution in [0.2, 0.25) is 5.02 Å². The zero-order chi connectivity index (χ0) is 17.3. The highest BCUT2D eigenvalue weighted by atomic mass is 35.5. The standard InChI is InChI=1S/C16H16ClF3N4/c1-2-24(9-16(18,19)20)15-11-4-3-5-12(11)22-14(23-15)13-8-10(17)6-7-21-13/h6-8H,2-5,9H2,1H3. The van der Waals surface area contributed by atoms with E-state index in [0.717, 1.165) is 24.1 Å². The van der Waals surface area contributed by atoms with Gasteiger partial charge in [0.05, 0.1) is 0 Å². The number of alkyl halides is 3. The van der Waals surface area contributed by atoms with Gasteiger partial charge in [-0.1, -0.05) is 11.6 Å². The maximum Gasteiger partial charge on any atom is 0.405 e. The summed E-state index contributed by atoms with van der Waals surface area (Å²) >= 11 is 5.97. The van der Waals surface area contributed by atoms with Crippen LogP contribution in [0.3, 0.4) is 0 Å². The summed E-state index contributed by atoms with van der Waals surface area (Å²) in [5.41, 5.74) is 2.07. The Balaban J connectivity index is 2.08. The minimum Gasteiger partial charge on any atom is -0.347 e. The highest BCUT2D eigenvalue weighted by Crippen LogP contribution is 2.32. The number of hydrogen-bond donors (Lipinski definition) is 0. The lowest BCUT2D eigenvalue weighted by Gasteiger charge is -2.25. The van der Waals surface area contributed by atoms with Crippen LogP contribution in [0, 0.1) is 0 Å². The molecule has 0 radical (unpaired) electrons. The van der Waals surface area contributed by atoms with E-state index in [0.29, 0.717) is 28.8 Å². The van der Waals surface area contributed by atoms with Gasteiger partial charge in [-0.15, -0.1) is 0 Å². The molecule has 0 aliphatic heterocycles. The van der Waals surface area contributed by atoms with Crippen molar-refractivity contribution in [1.82, 2.24) is 15.0 Å². The van der Waals surface area contributed by atoms with Crippen LogP contribution in [0.5, 0.6) is 0 Å². The van der Waals surface area contributed by atoms with Crippen molar-refractivity contribution in [2.75, 3.05) is 18.0 Å². The van der Waals surface area contributed by atoms with Crippen molar-refractivity contribution in [3.63, 3.8) is 0 Å². The molecule has 0 saturated carbocycles. The second-order valence-corrected chi connectivity index (χ2v) is 6.07. The van der Waals surface area contributed by atoms with Gasteiger partial charge >= 0.3 is 6.18 Å². The van der Waals surface area contributed by atoms with Gasteiger partial charge in [0.2, 0.25) is 0 Å². The Morgan fingerprint density at radius 3 is 2.71 bits per heavy atom. The van der Waals surface area contributed by atoms with Crippen LogP contribution < -0.4 is 4.90 Å². The van der Waals surface area contributed by atoms with Crippen LogP contribution in [-0.4, -0.2) is 34.2 Å². The second kappa shape index (κ2) is 6.55. The molecule has 0 amide bonds. The average Bonchev–Trinajstić information content (AvgIpc) is 2.99. The Labute approximate surface area is 142 Å². The van der Waals surface area contributed by atoms with Gasteiger partial charge in [0.15, 0.2) is 5.82 Å². The lowest BCUT2D eigenvalue weighted by atomic mass is 10.2. The van der Waals surface area contributed by atoms with Crippen LogP contribution >= 0.6 is 11.6 Å². The molecule has 128 valence electrons. The molecule has 24 heavy (non-hydrogen) atoms. The summed E-state index contributed by atoms with van der Waals surface area (Å²) < 4.78 is 38.7. The van der Waals surface area contributed by atoms with E-state index >= 15 is 0 Å². The number of pyridine rings is 1. The van der Waals surface area contributed by atoms with Gasteiger partial charge in [0, 0.05) is 29.0 Å². The zero-order valence-corrected chi connectivity index (χ0v) is 13.8. The van der Waals surface area contributed by atoms with E-state index in [2.05, 4.69) is 15.0 Å². The zero-order valence-electron chi connectivity index (χ0n) is 13.1. The topological polar surface area (TPSA) is 41.9 Å². The number of rotatable bonds is 4. The summed E-state index contributed by atoms with van der Waals surface area (Å²) in [6, 6.07) is 3.24. The Kier molecular flexibility index (Phi) is 4.62. The molecule has 0 N–H and O–H groups in total. The van der Waals surface area contributed by atoms with Crippen LogP contribution in [0.4, 0.5) is 19.0 Å². The number of aromatic nitrogens is 3. The monoisotopic (exact) mass is 356 g/mol. The molecule has 1 aliphatic carbocycles.